The molecule has 2 rings (SSSR count). The molecule has 0 bridgehead atoms. The Hall–Kier alpha value is -2.44. The molecule has 0 saturated heterocycles. The molecule has 0 radical (unpaired) electrons. The highest BCUT2D eigenvalue weighted by molar-refractivity contribution is 6.37. The summed E-state index contributed by atoms with van der Waals surface area (Å²) in [5, 5.41) is 1.20. The molecular formula is C18H17Cl2NO5. The van der Waals surface area contributed by atoms with Crippen LogP contribution in [0.2, 0.25) is 10.0 Å². The molecule has 0 atom stereocenters. The van der Waals surface area contributed by atoms with E-state index in [-0.39, 0.29) is 34.5 Å². The second-order valence-electron chi connectivity index (χ2n) is 5.09. The summed E-state index contributed by atoms with van der Waals surface area (Å²) in [5.41, 5.74) is 0.00243. The van der Waals surface area contributed by atoms with Crippen LogP contribution in [0.1, 0.15) is 17.3 Å². The quantitative estimate of drug-likeness (QED) is 0.689. The molecule has 26 heavy (non-hydrogen) atoms. The van der Waals surface area contributed by atoms with Gasteiger partial charge in [0.2, 0.25) is 0 Å². The summed E-state index contributed by atoms with van der Waals surface area (Å²) in [6.45, 7) is 1.28. The third-order valence-electron chi connectivity index (χ3n) is 3.25. The van der Waals surface area contributed by atoms with Crippen molar-refractivity contribution in [1.82, 2.24) is 5.06 Å². The van der Waals surface area contributed by atoms with Gasteiger partial charge in [-0.15, -0.1) is 0 Å². The summed E-state index contributed by atoms with van der Waals surface area (Å²) in [5.74, 6) is -0.595. The number of ether oxygens (including phenoxy) is 2. The van der Waals surface area contributed by atoms with Gasteiger partial charge in [-0.05, 0) is 24.3 Å². The van der Waals surface area contributed by atoms with Crippen molar-refractivity contribution >= 4 is 35.1 Å². The van der Waals surface area contributed by atoms with Crippen LogP contribution in [0.15, 0.2) is 42.5 Å². The van der Waals surface area contributed by atoms with Gasteiger partial charge in [-0.1, -0.05) is 41.4 Å². The Balaban J connectivity index is 2.19. The van der Waals surface area contributed by atoms with Crippen LogP contribution in [0.5, 0.6) is 11.5 Å². The number of hydroxylamine groups is 2. The van der Waals surface area contributed by atoms with Crippen molar-refractivity contribution in [3.05, 3.63) is 58.1 Å². The van der Waals surface area contributed by atoms with Crippen molar-refractivity contribution in [1.29, 1.82) is 0 Å². The van der Waals surface area contributed by atoms with Gasteiger partial charge in [0.15, 0.2) is 5.75 Å². The smallest absolute Gasteiger partial charge is 0.329 e. The van der Waals surface area contributed by atoms with Crippen molar-refractivity contribution in [3.63, 3.8) is 0 Å². The van der Waals surface area contributed by atoms with Gasteiger partial charge in [0.05, 0.1) is 23.7 Å². The number of carbonyl (C=O) groups excluding carboxylic acids is 2. The minimum absolute atomic E-state index is 0.00243. The lowest BCUT2D eigenvalue weighted by molar-refractivity contribution is -0.175. The Kier molecular flexibility index (Phi) is 7.12. The fourth-order valence-electron chi connectivity index (χ4n) is 2.16. The Morgan fingerprint density at radius 2 is 1.69 bits per heavy atom. The molecule has 0 aliphatic rings. The van der Waals surface area contributed by atoms with Gasteiger partial charge in [0.1, 0.15) is 17.9 Å². The maximum absolute atomic E-state index is 12.8. The normalized spacial score (nSPS) is 10.2. The van der Waals surface area contributed by atoms with Crippen LogP contribution in [-0.4, -0.2) is 37.2 Å². The van der Waals surface area contributed by atoms with Crippen molar-refractivity contribution < 1.29 is 23.9 Å². The molecule has 0 fully saturated rings. The molecule has 0 aliphatic heterocycles. The van der Waals surface area contributed by atoms with Crippen LogP contribution in [0.3, 0.4) is 0 Å². The number of nitrogens with zero attached hydrogens (tertiary/aromatic N) is 1. The molecule has 0 aromatic heterocycles. The molecule has 0 N–H and O–H groups in total. The number of methoxy groups -OCH3 is 1. The largest absolute Gasteiger partial charge is 0.494 e. The molecule has 1 amide bonds. The van der Waals surface area contributed by atoms with E-state index in [1.807, 2.05) is 18.2 Å². The van der Waals surface area contributed by atoms with Gasteiger partial charge < -0.3 is 14.3 Å². The van der Waals surface area contributed by atoms with Crippen molar-refractivity contribution in [2.75, 3.05) is 20.3 Å². The highest BCUT2D eigenvalue weighted by atomic mass is 35.5. The molecule has 0 aliphatic carbocycles. The average molecular weight is 398 g/mol. The molecule has 8 heteroatoms. The molecule has 0 heterocycles. The topological polar surface area (TPSA) is 65.1 Å². The van der Waals surface area contributed by atoms with Gasteiger partial charge in [-0.2, -0.15) is 5.06 Å². The Morgan fingerprint density at radius 3 is 2.31 bits per heavy atom. The van der Waals surface area contributed by atoms with Gasteiger partial charge in [0.25, 0.3) is 5.91 Å². The molecular weight excluding hydrogens is 381 g/mol. The predicted octanol–water partition coefficient (Wildman–Crippen LogP) is 4.00. The first-order valence-corrected chi connectivity index (χ1v) is 8.40. The number of rotatable bonds is 6. The SMILES string of the molecule is COc1c(Cl)ccc(Cl)c1C(=O)N(CCOc1ccccc1)OC(C)=O. The number of carbonyl (C=O) groups is 2. The lowest BCUT2D eigenvalue weighted by Crippen LogP contribution is -2.36. The number of para-hydroxylation sites is 1. The number of benzene rings is 2. The Labute approximate surface area is 161 Å². The van der Waals surface area contributed by atoms with E-state index in [1.165, 1.54) is 26.2 Å². The molecule has 2 aromatic carbocycles. The monoisotopic (exact) mass is 397 g/mol. The number of amides is 1. The Bertz CT molecular complexity index is 783. The summed E-state index contributed by atoms with van der Waals surface area (Å²) in [4.78, 5) is 29.2. The van der Waals surface area contributed by atoms with E-state index >= 15 is 0 Å². The number of hydrogen-bond donors (Lipinski definition) is 0. The van der Waals surface area contributed by atoms with E-state index in [1.54, 1.807) is 12.1 Å². The van der Waals surface area contributed by atoms with Gasteiger partial charge >= 0.3 is 5.97 Å². The molecule has 2 aromatic rings. The molecule has 0 saturated carbocycles. The lowest BCUT2D eigenvalue weighted by Gasteiger charge is -2.22. The molecule has 6 nitrogen and oxygen atoms in total. The van der Waals surface area contributed by atoms with E-state index in [0.29, 0.717) is 5.75 Å². The maximum Gasteiger partial charge on any atom is 0.329 e. The fraction of sp³-hybridized carbons (Fsp3) is 0.222. The number of halogens is 2. The lowest BCUT2D eigenvalue weighted by atomic mass is 10.2. The van der Waals surface area contributed by atoms with Crippen molar-refractivity contribution in [2.45, 2.75) is 6.92 Å². The first-order valence-electron chi connectivity index (χ1n) is 7.64. The van der Waals surface area contributed by atoms with E-state index in [0.717, 1.165) is 5.06 Å². The summed E-state index contributed by atoms with van der Waals surface area (Å²) < 4.78 is 10.7. The number of hydrogen-bond acceptors (Lipinski definition) is 5. The minimum atomic E-state index is -0.666. The predicted molar refractivity (Wildman–Crippen MR) is 97.8 cm³/mol. The zero-order valence-corrected chi connectivity index (χ0v) is 15.7. The first-order chi connectivity index (χ1) is 12.4. The zero-order chi connectivity index (χ0) is 19.1. The van der Waals surface area contributed by atoms with Gasteiger partial charge in [0, 0.05) is 6.92 Å². The van der Waals surface area contributed by atoms with Crippen LogP contribution >= 0.6 is 23.2 Å². The molecule has 0 unspecified atom stereocenters. The highest BCUT2D eigenvalue weighted by Crippen LogP contribution is 2.34. The summed E-state index contributed by atoms with van der Waals surface area (Å²) in [7, 11) is 1.36. The standard InChI is InChI=1S/C18H17Cl2NO5/c1-12(22)26-21(10-11-25-13-6-4-3-5-7-13)18(23)16-14(19)8-9-15(20)17(16)24-2/h3-9H,10-11H2,1-2H3. The second kappa shape index (κ2) is 9.31. The van der Waals surface area contributed by atoms with E-state index in [2.05, 4.69) is 0 Å². The highest BCUT2D eigenvalue weighted by Gasteiger charge is 2.26. The van der Waals surface area contributed by atoms with E-state index in [9.17, 15) is 9.59 Å². The van der Waals surface area contributed by atoms with E-state index < -0.39 is 11.9 Å². The average Bonchev–Trinajstić information content (AvgIpc) is 2.62. The summed E-state index contributed by atoms with van der Waals surface area (Å²) in [6.07, 6.45) is 0. The molecule has 0 spiro atoms. The zero-order valence-electron chi connectivity index (χ0n) is 14.2. The van der Waals surface area contributed by atoms with Crippen molar-refractivity contribution in [3.8, 4) is 11.5 Å². The third kappa shape index (κ3) is 5.03. The van der Waals surface area contributed by atoms with Crippen LogP contribution in [0, 0.1) is 0 Å². The maximum atomic E-state index is 12.8. The third-order valence-corrected chi connectivity index (χ3v) is 3.86. The Morgan fingerprint density at radius 1 is 1.04 bits per heavy atom. The second-order valence-corrected chi connectivity index (χ2v) is 5.90. The van der Waals surface area contributed by atoms with Gasteiger partial charge in [-0.3, -0.25) is 9.59 Å². The minimum Gasteiger partial charge on any atom is -0.494 e. The van der Waals surface area contributed by atoms with Crippen LogP contribution in [0.25, 0.3) is 0 Å². The van der Waals surface area contributed by atoms with Crippen LogP contribution in [0.4, 0.5) is 0 Å². The van der Waals surface area contributed by atoms with Gasteiger partial charge in [-0.25, -0.2) is 0 Å². The summed E-state index contributed by atoms with van der Waals surface area (Å²) >= 11 is 12.2. The first kappa shape index (κ1) is 19.9. The van der Waals surface area contributed by atoms with Crippen molar-refractivity contribution in [2.24, 2.45) is 0 Å². The fourth-order valence-corrected chi connectivity index (χ4v) is 2.63. The van der Waals surface area contributed by atoms with Crippen LogP contribution < -0.4 is 9.47 Å². The molecule has 138 valence electrons. The van der Waals surface area contributed by atoms with Crippen LogP contribution in [-0.2, 0) is 9.63 Å². The van der Waals surface area contributed by atoms with E-state index in [4.69, 9.17) is 37.5 Å². The summed E-state index contributed by atoms with van der Waals surface area (Å²) in [6, 6.07) is 12.0.